The predicted octanol–water partition coefficient (Wildman–Crippen LogP) is 2.71. The molecule has 1 N–H and O–H groups in total. The lowest BCUT2D eigenvalue weighted by molar-refractivity contribution is -0.385. The van der Waals surface area contributed by atoms with E-state index in [2.05, 4.69) is 11.4 Å². The van der Waals surface area contributed by atoms with Crippen molar-refractivity contribution < 1.29 is 9.66 Å². The zero-order valence-corrected chi connectivity index (χ0v) is 12.3. The molecule has 6 nitrogen and oxygen atoms in total. The van der Waals surface area contributed by atoms with Crippen molar-refractivity contribution in [2.45, 2.75) is 44.2 Å². The summed E-state index contributed by atoms with van der Waals surface area (Å²) in [5.74, 6) is 0.527. The van der Waals surface area contributed by atoms with Gasteiger partial charge < -0.3 is 10.1 Å². The summed E-state index contributed by atoms with van der Waals surface area (Å²) >= 11 is 0. The molecule has 1 saturated carbocycles. The summed E-state index contributed by atoms with van der Waals surface area (Å²) in [6.07, 6.45) is 3.03. The molecule has 2 rings (SSSR count). The third kappa shape index (κ3) is 3.14. The van der Waals surface area contributed by atoms with Gasteiger partial charge in [0.1, 0.15) is 17.4 Å². The van der Waals surface area contributed by atoms with Crippen LogP contribution in [0.5, 0.6) is 5.75 Å². The van der Waals surface area contributed by atoms with Crippen LogP contribution < -0.4 is 10.1 Å². The number of ether oxygens (including phenoxy) is 1. The van der Waals surface area contributed by atoms with E-state index in [1.54, 1.807) is 26.1 Å². The number of benzene rings is 1. The van der Waals surface area contributed by atoms with Crippen LogP contribution in [0.1, 0.15) is 31.2 Å². The Labute approximate surface area is 123 Å². The third-order valence-electron chi connectivity index (χ3n) is 4.14. The summed E-state index contributed by atoms with van der Waals surface area (Å²) in [6.45, 7) is 1.69. The number of nitrogens with zero attached hydrogens (tertiary/aromatic N) is 2. The molecule has 1 fully saturated rings. The fraction of sp³-hybridized carbons (Fsp3) is 0.533. The Hall–Kier alpha value is -2.13. The molecule has 112 valence electrons. The molecule has 0 radical (unpaired) electrons. The van der Waals surface area contributed by atoms with E-state index in [9.17, 15) is 15.4 Å². The first-order valence-corrected chi connectivity index (χ1v) is 7.02. The van der Waals surface area contributed by atoms with Gasteiger partial charge in [0.15, 0.2) is 0 Å². The Morgan fingerprint density at radius 1 is 1.57 bits per heavy atom. The maximum Gasteiger partial charge on any atom is 0.276 e. The van der Waals surface area contributed by atoms with Crippen molar-refractivity contribution >= 4 is 5.69 Å². The molecule has 2 unspecified atom stereocenters. The highest BCUT2D eigenvalue weighted by Gasteiger charge is 2.36. The quantitative estimate of drug-likeness (QED) is 0.680. The van der Waals surface area contributed by atoms with Crippen LogP contribution in [-0.4, -0.2) is 23.6 Å². The maximum absolute atomic E-state index is 11.0. The lowest BCUT2D eigenvalue weighted by Gasteiger charge is -2.35. The minimum absolute atomic E-state index is 0.0588. The van der Waals surface area contributed by atoms with Crippen LogP contribution in [0.2, 0.25) is 0 Å². The van der Waals surface area contributed by atoms with Crippen molar-refractivity contribution in [1.82, 2.24) is 5.32 Å². The average molecular weight is 289 g/mol. The molecule has 0 amide bonds. The van der Waals surface area contributed by atoms with Crippen LogP contribution in [0.4, 0.5) is 5.69 Å². The molecule has 1 aliphatic rings. The van der Waals surface area contributed by atoms with E-state index in [-0.39, 0.29) is 11.8 Å². The van der Waals surface area contributed by atoms with Crippen LogP contribution in [0, 0.1) is 28.4 Å². The molecule has 0 bridgehead atoms. The largest absolute Gasteiger partial charge is 0.490 e. The van der Waals surface area contributed by atoms with Crippen molar-refractivity contribution in [3.8, 4) is 11.8 Å². The van der Waals surface area contributed by atoms with Crippen molar-refractivity contribution in [1.29, 1.82) is 5.26 Å². The molecular weight excluding hydrogens is 270 g/mol. The molecule has 0 spiro atoms. The van der Waals surface area contributed by atoms with Gasteiger partial charge in [-0.15, -0.1) is 0 Å². The third-order valence-corrected chi connectivity index (χ3v) is 4.14. The minimum Gasteiger partial charge on any atom is -0.490 e. The van der Waals surface area contributed by atoms with E-state index in [0.717, 1.165) is 19.3 Å². The summed E-state index contributed by atoms with van der Waals surface area (Å²) in [4.78, 5) is 10.6. The van der Waals surface area contributed by atoms with Crippen LogP contribution in [0.15, 0.2) is 18.2 Å². The zero-order valence-electron chi connectivity index (χ0n) is 12.3. The van der Waals surface area contributed by atoms with E-state index in [4.69, 9.17) is 4.74 Å². The van der Waals surface area contributed by atoms with Gasteiger partial charge >= 0.3 is 0 Å². The first-order valence-electron chi connectivity index (χ1n) is 7.02. The monoisotopic (exact) mass is 289 g/mol. The van der Waals surface area contributed by atoms with Gasteiger partial charge in [0.2, 0.25) is 0 Å². The van der Waals surface area contributed by atoms with E-state index in [0.29, 0.717) is 17.7 Å². The Morgan fingerprint density at radius 2 is 2.33 bits per heavy atom. The van der Waals surface area contributed by atoms with Gasteiger partial charge in [0.05, 0.1) is 16.6 Å². The SMILES string of the molecule is CNC1(C#N)CCCC(Oc2cccc([N+](=O)[O-])c2C)C1. The van der Waals surface area contributed by atoms with Gasteiger partial charge in [0, 0.05) is 12.5 Å². The highest BCUT2D eigenvalue weighted by Crippen LogP contribution is 2.33. The highest BCUT2D eigenvalue weighted by atomic mass is 16.6. The van der Waals surface area contributed by atoms with Gasteiger partial charge in [-0.2, -0.15) is 5.26 Å². The van der Waals surface area contributed by atoms with Gasteiger partial charge in [-0.3, -0.25) is 10.1 Å². The number of nitriles is 1. The van der Waals surface area contributed by atoms with Gasteiger partial charge in [-0.1, -0.05) is 6.07 Å². The van der Waals surface area contributed by atoms with Crippen molar-refractivity contribution in [3.05, 3.63) is 33.9 Å². The highest BCUT2D eigenvalue weighted by molar-refractivity contribution is 5.48. The summed E-state index contributed by atoms with van der Waals surface area (Å²) in [5, 5.41) is 23.4. The molecule has 0 aliphatic heterocycles. The zero-order chi connectivity index (χ0) is 15.5. The number of nitro benzene ring substituents is 1. The smallest absolute Gasteiger partial charge is 0.276 e. The molecule has 1 aromatic carbocycles. The Kier molecular flexibility index (Phi) is 4.43. The number of rotatable bonds is 4. The van der Waals surface area contributed by atoms with E-state index in [1.165, 1.54) is 6.07 Å². The molecule has 0 heterocycles. The lowest BCUT2D eigenvalue weighted by Crippen LogP contribution is -2.48. The lowest BCUT2D eigenvalue weighted by atomic mass is 9.81. The molecule has 0 saturated heterocycles. The molecule has 6 heteroatoms. The first-order chi connectivity index (χ1) is 10.0. The molecular formula is C15H19N3O3. The summed E-state index contributed by atoms with van der Waals surface area (Å²) in [6, 6.07) is 7.16. The topological polar surface area (TPSA) is 88.2 Å². The van der Waals surface area contributed by atoms with Gasteiger partial charge in [-0.25, -0.2) is 0 Å². The van der Waals surface area contributed by atoms with Crippen LogP contribution >= 0.6 is 0 Å². The van der Waals surface area contributed by atoms with Crippen LogP contribution in [0.25, 0.3) is 0 Å². The van der Waals surface area contributed by atoms with E-state index >= 15 is 0 Å². The summed E-state index contributed by atoms with van der Waals surface area (Å²) < 4.78 is 5.94. The van der Waals surface area contributed by atoms with Crippen LogP contribution in [0.3, 0.4) is 0 Å². The number of nitro groups is 1. The summed E-state index contributed by atoms with van der Waals surface area (Å²) in [7, 11) is 1.78. The second-order valence-corrected chi connectivity index (χ2v) is 5.44. The predicted molar refractivity (Wildman–Crippen MR) is 78.1 cm³/mol. The maximum atomic E-state index is 11.0. The van der Waals surface area contributed by atoms with E-state index < -0.39 is 10.5 Å². The first kappa shape index (κ1) is 15.3. The second kappa shape index (κ2) is 6.10. The fourth-order valence-corrected chi connectivity index (χ4v) is 2.82. The second-order valence-electron chi connectivity index (χ2n) is 5.44. The van der Waals surface area contributed by atoms with Crippen LogP contribution in [-0.2, 0) is 0 Å². The average Bonchev–Trinajstić information content (AvgIpc) is 2.49. The van der Waals surface area contributed by atoms with Crippen molar-refractivity contribution in [3.63, 3.8) is 0 Å². The Bertz CT molecular complexity index is 582. The van der Waals surface area contributed by atoms with Gasteiger partial charge in [0.25, 0.3) is 5.69 Å². The number of nitrogens with one attached hydrogen (secondary N) is 1. The van der Waals surface area contributed by atoms with Crippen molar-refractivity contribution in [2.75, 3.05) is 7.05 Å². The molecule has 1 aliphatic carbocycles. The summed E-state index contributed by atoms with van der Waals surface area (Å²) in [5.41, 5.74) is 0.0286. The molecule has 1 aromatic rings. The minimum atomic E-state index is -0.558. The van der Waals surface area contributed by atoms with E-state index in [1.807, 2.05) is 0 Å². The Morgan fingerprint density at radius 3 is 2.95 bits per heavy atom. The fourth-order valence-electron chi connectivity index (χ4n) is 2.82. The molecule has 2 atom stereocenters. The molecule has 21 heavy (non-hydrogen) atoms. The normalized spacial score (nSPS) is 25.1. The number of hydrogen-bond acceptors (Lipinski definition) is 5. The number of hydrogen-bond donors (Lipinski definition) is 1. The van der Waals surface area contributed by atoms with Gasteiger partial charge in [-0.05, 0) is 39.3 Å². The van der Waals surface area contributed by atoms with Crippen molar-refractivity contribution in [2.24, 2.45) is 0 Å². The standard InChI is InChI=1S/C15H19N3O3/c1-11-13(18(19)20)6-3-7-14(11)21-12-5-4-8-15(9-12,10-16)17-2/h3,6-7,12,17H,4-5,8-9H2,1-2H3. The Balaban J connectivity index is 2.17. The molecule has 0 aromatic heterocycles.